The molecule has 0 spiro atoms. The maximum atomic E-state index is 12.7. The summed E-state index contributed by atoms with van der Waals surface area (Å²) in [4.78, 5) is 11.1. The summed E-state index contributed by atoms with van der Waals surface area (Å²) in [6.07, 6.45) is 0. The van der Waals surface area contributed by atoms with Gasteiger partial charge in [0.05, 0.1) is 16.1 Å². The number of carboxylic acids is 1. The van der Waals surface area contributed by atoms with Crippen molar-refractivity contribution in [3.05, 3.63) is 58.6 Å². The van der Waals surface area contributed by atoms with Crippen LogP contribution in [0.15, 0.2) is 47.4 Å². The Kier molecular flexibility index (Phi) is 4.97. The summed E-state index contributed by atoms with van der Waals surface area (Å²) in [5.41, 5.74) is 0.776. The van der Waals surface area contributed by atoms with E-state index >= 15 is 0 Å². The van der Waals surface area contributed by atoms with Crippen LogP contribution in [0.4, 0.5) is 5.69 Å². The Morgan fingerprint density at radius 1 is 1.17 bits per heavy atom. The number of rotatable bonds is 5. The summed E-state index contributed by atoms with van der Waals surface area (Å²) in [6, 6.07) is 10.4. The third kappa shape index (κ3) is 4.03. The van der Waals surface area contributed by atoms with Gasteiger partial charge in [-0.05, 0) is 41.8 Å². The van der Waals surface area contributed by atoms with Crippen molar-refractivity contribution in [1.82, 2.24) is 0 Å². The molecule has 0 amide bonds. The third-order valence-corrected chi connectivity index (χ3v) is 4.92. The summed E-state index contributed by atoms with van der Waals surface area (Å²) in [6.45, 7) is 3.68. The Bertz CT molecular complexity index is 847. The van der Waals surface area contributed by atoms with Crippen LogP contribution in [0.25, 0.3) is 0 Å². The Labute approximate surface area is 140 Å². The van der Waals surface area contributed by atoms with Crippen LogP contribution >= 0.6 is 11.6 Å². The molecular weight excluding hydrogens is 338 g/mol. The lowest BCUT2D eigenvalue weighted by molar-refractivity contribution is 0.0696. The highest BCUT2D eigenvalue weighted by molar-refractivity contribution is 7.92. The first kappa shape index (κ1) is 17.3. The first-order valence-electron chi connectivity index (χ1n) is 6.86. The van der Waals surface area contributed by atoms with Crippen molar-refractivity contribution in [1.29, 1.82) is 0 Å². The van der Waals surface area contributed by atoms with E-state index in [2.05, 4.69) is 4.72 Å². The molecule has 0 saturated heterocycles. The number of carbonyl (C=O) groups is 1. The molecule has 122 valence electrons. The minimum absolute atomic E-state index is 0.0487. The fourth-order valence-corrected chi connectivity index (χ4v) is 3.77. The van der Waals surface area contributed by atoms with Crippen molar-refractivity contribution in [3.8, 4) is 0 Å². The maximum Gasteiger partial charge on any atom is 0.335 e. The Balaban J connectivity index is 2.53. The van der Waals surface area contributed by atoms with Crippen molar-refractivity contribution in [3.63, 3.8) is 0 Å². The van der Waals surface area contributed by atoms with Crippen LogP contribution in [0.3, 0.4) is 0 Å². The average Bonchev–Trinajstić information content (AvgIpc) is 2.46. The molecule has 7 heteroatoms. The second-order valence-corrected chi connectivity index (χ2v) is 7.42. The quantitative estimate of drug-likeness (QED) is 0.852. The van der Waals surface area contributed by atoms with Gasteiger partial charge >= 0.3 is 5.97 Å². The number of aromatic carboxylic acids is 1. The third-order valence-electron chi connectivity index (χ3n) is 3.25. The molecule has 0 saturated carbocycles. The molecule has 0 aromatic heterocycles. The van der Waals surface area contributed by atoms with E-state index in [-0.39, 0.29) is 16.4 Å². The zero-order chi connectivity index (χ0) is 17.2. The Morgan fingerprint density at radius 2 is 1.87 bits per heavy atom. The van der Waals surface area contributed by atoms with Crippen molar-refractivity contribution in [2.24, 2.45) is 0 Å². The summed E-state index contributed by atoms with van der Waals surface area (Å²) >= 11 is 5.86. The van der Waals surface area contributed by atoms with E-state index in [1.165, 1.54) is 24.3 Å². The summed E-state index contributed by atoms with van der Waals surface area (Å²) < 4.78 is 27.8. The van der Waals surface area contributed by atoms with Gasteiger partial charge in [0.1, 0.15) is 0 Å². The molecule has 2 N–H and O–H groups in total. The van der Waals surface area contributed by atoms with Gasteiger partial charge in [-0.1, -0.05) is 37.6 Å². The molecule has 0 unspecified atom stereocenters. The van der Waals surface area contributed by atoms with Gasteiger partial charge in [0.15, 0.2) is 0 Å². The van der Waals surface area contributed by atoms with Gasteiger partial charge in [0.2, 0.25) is 0 Å². The fraction of sp³-hybridized carbons (Fsp3) is 0.188. The lowest BCUT2D eigenvalue weighted by Crippen LogP contribution is -2.16. The molecule has 0 aliphatic carbocycles. The number of carboxylic acid groups (broad SMARTS) is 1. The second-order valence-electron chi connectivity index (χ2n) is 5.33. The molecule has 0 heterocycles. The van der Waals surface area contributed by atoms with Crippen LogP contribution in [-0.4, -0.2) is 19.5 Å². The highest BCUT2D eigenvalue weighted by Crippen LogP contribution is 2.27. The molecule has 2 aromatic rings. The van der Waals surface area contributed by atoms with Crippen LogP contribution in [0.2, 0.25) is 5.02 Å². The summed E-state index contributed by atoms with van der Waals surface area (Å²) in [5, 5.41) is 9.49. The Hall–Kier alpha value is -2.05. The van der Waals surface area contributed by atoms with E-state index in [9.17, 15) is 13.2 Å². The zero-order valence-corrected chi connectivity index (χ0v) is 14.1. The van der Waals surface area contributed by atoms with Crippen molar-refractivity contribution in [2.75, 3.05) is 4.72 Å². The molecule has 0 radical (unpaired) electrons. The summed E-state index contributed by atoms with van der Waals surface area (Å²) in [7, 11) is -3.93. The molecule has 0 atom stereocenters. The second kappa shape index (κ2) is 6.60. The largest absolute Gasteiger partial charge is 0.478 e. The lowest BCUT2D eigenvalue weighted by Gasteiger charge is -2.15. The predicted octanol–water partition coefficient (Wildman–Crippen LogP) is 3.96. The van der Waals surface area contributed by atoms with Gasteiger partial charge in [0.25, 0.3) is 10.0 Å². The molecule has 2 aromatic carbocycles. The highest BCUT2D eigenvalue weighted by atomic mass is 35.5. The van der Waals surface area contributed by atoms with Crippen molar-refractivity contribution >= 4 is 33.3 Å². The Morgan fingerprint density at radius 3 is 2.43 bits per heavy atom. The van der Waals surface area contributed by atoms with Gasteiger partial charge < -0.3 is 5.11 Å². The van der Waals surface area contributed by atoms with Crippen LogP contribution in [0.1, 0.15) is 35.7 Å². The van der Waals surface area contributed by atoms with E-state index < -0.39 is 16.0 Å². The molecule has 0 bridgehead atoms. The number of benzene rings is 2. The van der Waals surface area contributed by atoms with Gasteiger partial charge in [0, 0.05) is 5.02 Å². The van der Waals surface area contributed by atoms with Gasteiger partial charge in [-0.15, -0.1) is 0 Å². The maximum absolute atomic E-state index is 12.7. The molecule has 5 nitrogen and oxygen atoms in total. The molecule has 0 fully saturated rings. The minimum Gasteiger partial charge on any atom is -0.478 e. The van der Waals surface area contributed by atoms with Gasteiger partial charge in [-0.2, -0.15) is 0 Å². The van der Waals surface area contributed by atoms with Crippen molar-refractivity contribution < 1.29 is 18.3 Å². The number of hydrogen-bond acceptors (Lipinski definition) is 3. The molecular formula is C16H16ClNO4S. The standard InChI is InChI=1S/C16H16ClNO4S/c1-10(2)14-7-6-11(16(19)20)8-15(14)23(21,22)18-13-5-3-4-12(17)9-13/h3-10,18H,1-2H3,(H,19,20). The topological polar surface area (TPSA) is 83.5 Å². The minimum atomic E-state index is -3.93. The number of anilines is 1. The predicted molar refractivity (Wildman–Crippen MR) is 89.8 cm³/mol. The van der Waals surface area contributed by atoms with E-state index in [0.29, 0.717) is 16.3 Å². The zero-order valence-electron chi connectivity index (χ0n) is 12.6. The monoisotopic (exact) mass is 353 g/mol. The number of hydrogen-bond donors (Lipinski definition) is 2. The summed E-state index contributed by atoms with van der Waals surface area (Å²) in [5.74, 6) is -1.26. The number of sulfonamides is 1. The van der Waals surface area contributed by atoms with Gasteiger partial charge in [-0.25, -0.2) is 13.2 Å². The van der Waals surface area contributed by atoms with Crippen LogP contribution < -0.4 is 4.72 Å². The number of halogens is 1. The fourth-order valence-electron chi connectivity index (χ4n) is 2.14. The first-order valence-corrected chi connectivity index (χ1v) is 8.72. The van der Waals surface area contributed by atoms with E-state index in [1.807, 2.05) is 13.8 Å². The molecule has 23 heavy (non-hydrogen) atoms. The van der Waals surface area contributed by atoms with Crippen LogP contribution in [-0.2, 0) is 10.0 Å². The highest BCUT2D eigenvalue weighted by Gasteiger charge is 2.22. The molecule has 0 aliphatic heterocycles. The van der Waals surface area contributed by atoms with Gasteiger partial charge in [-0.3, -0.25) is 4.72 Å². The van der Waals surface area contributed by atoms with Crippen molar-refractivity contribution in [2.45, 2.75) is 24.7 Å². The SMILES string of the molecule is CC(C)c1ccc(C(=O)O)cc1S(=O)(=O)Nc1cccc(Cl)c1. The van der Waals surface area contributed by atoms with Crippen LogP contribution in [0.5, 0.6) is 0 Å². The first-order chi connectivity index (χ1) is 10.7. The molecule has 0 aliphatic rings. The van der Waals surface area contributed by atoms with E-state index in [0.717, 1.165) is 0 Å². The lowest BCUT2D eigenvalue weighted by atomic mass is 10.0. The molecule has 2 rings (SSSR count). The normalized spacial score (nSPS) is 11.5. The van der Waals surface area contributed by atoms with E-state index in [4.69, 9.17) is 16.7 Å². The number of nitrogens with one attached hydrogen (secondary N) is 1. The van der Waals surface area contributed by atoms with Crippen LogP contribution in [0, 0.1) is 0 Å². The smallest absolute Gasteiger partial charge is 0.335 e. The van der Waals surface area contributed by atoms with E-state index in [1.54, 1.807) is 18.2 Å². The average molecular weight is 354 g/mol.